The maximum Gasteiger partial charge on any atom is 0.248 e. The Hall–Kier alpha value is -1.49. The lowest BCUT2D eigenvalue weighted by atomic mass is 9.99. The monoisotopic (exact) mass is 329 g/mol. The summed E-state index contributed by atoms with van der Waals surface area (Å²) in [6.45, 7) is 1.10. The zero-order valence-electron chi connectivity index (χ0n) is 12.0. The molecule has 0 N–H and O–H groups in total. The van der Waals surface area contributed by atoms with Gasteiger partial charge in [0.25, 0.3) is 0 Å². The number of hydrogen-bond acceptors (Lipinski definition) is 3. The molecule has 0 amide bonds. The van der Waals surface area contributed by atoms with E-state index in [1.807, 2.05) is 0 Å². The average molecular weight is 329 g/mol. The minimum Gasteiger partial charge on any atom is -0.369 e. The maximum absolute atomic E-state index is 13.7. The van der Waals surface area contributed by atoms with Gasteiger partial charge in [0.15, 0.2) is 4.90 Å². The Bertz CT molecular complexity index is 642. The second kappa shape index (κ2) is 7.18. The molecule has 0 bridgehead atoms. The van der Waals surface area contributed by atoms with Crippen LogP contribution in [0.25, 0.3) is 0 Å². The molecule has 1 aliphatic heterocycles. The van der Waals surface area contributed by atoms with Crippen molar-refractivity contribution in [3.63, 3.8) is 0 Å². The highest BCUT2D eigenvalue weighted by atomic mass is 32.2. The number of benzene rings is 1. The van der Waals surface area contributed by atoms with Crippen LogP contribution in [0.5, 0.6) is 0 Å². The van der Waals surface area contributed by atoms with Crippen LogP contribution in [0, 0.1) is 29.9 Å². The van der Waals surface area contributed by atoms with Crippen molar-refractivity contribution in [3.05, 3.63) is 29.8 Å². The van der Waals surface area contributed by atoms with E-state index >= 15 is 0 Å². The van der Waals surface area contributed by atoms with Gasteiger partial charge >= 0.3 is 0 Å². The second-order valence-corrected chi connectivity index (χ2v) is 6.99. The Morgan fingerprint density at radius 1 is 1.27 bits per heavy atom. The van der Waals surface area contributed by atoms with E-state index in [1.165, 1.54) is 0 Å². The van der Waals surface area contributed by atoms with Crippen molar-refractivity contribution < 1.29 is 21.9 Å². The third-order valence-corrected chi connectivity index (χ3v) is 5.58. The zero-order valence-corrected chi connectivity index (χ0v) is 12.8. The predicted molar refractivity (Wildman–Crippen MR) is 77.5 cm³/mol. The number of ether oxygens (including phenoxy) is 1. The van der Waals surface area contributed by atoms with Gasteiger partial charge in [-0.15, -0.1) is 6.42 Å². The molecule has 0 unspecified atom stereocenters. The van der Waals surface area contributed by atoms with E-state index in [0.717, 1.165) is 22.5 Å². The number of sulfonamides is 1. The van der Waals surface area contributed by atoms with Crippen LogP contribution in [0.2, 0.25) is 0 Å². The smallest absolute Gasteiger partial charge is 0.248 e. The first-order chi connectivity index (χ1) is 10.5. The summed E-state index contributed by atoms with van der Waals surface area (Å²) in [4.78, 5) is -0.878. The molecule has 1 aromatic rings. The van der Waals surface area contributed by atoms with Crippen LogP contribution in [0.4, 0.5) is 8.78 Å². The molecule has 2 rings (SSSR count). The first kappa shape index (κ1) is 16.9. The molecule has 7 heteroatoms. The summed E-state index contributed by atoms with van der Waals surface area (Å²) in [7, 11) is -4.16. The normalized spacial score (nSPS) is 17.3. The van der Waals surface area contributed by atoms with Gasteiger partial charge in [0.1, 0.15) is 18.2 Å². The molecular formula is C15H17F2NO3S. The van der Waals surface area contributed by atoms with Gasteiger partial charge in [0, 0.05) is 13.1 Å². The molecule has 1 heterocycles. The molecule has 0 saturated carbocycles. The summed E-state index contributed by atoms with van der Waals surface area (Å²) >= 11 is 0. The summed E-state index contributed by atoms with van der Waals surface area (Å²) in [5.41, 5.74) is 0. The Balaban J connectivity index is 2.06. The summed E-state index contributed by atoms with van der Waals surface area (Å²) in [5, 5.41) is 0. The van der Waals surface area contributed by atoms with Crippen LogP contribution in [0.1, 0.15) is 12.8 Å². The molecule has 1 saturated heterocycles. The third kappa shape index (κ3) is 3.64. The topological polar surface area (TPSA) is 46.6 Å². The van der Waals surface area contributed by atoms with Crippen molar-refractivity contribution in [1.82, 2.24) is 4.31 Å². The number of halogens is 2. The maximum atomic E-state index is 13.7. The molecule has 22 heavy (non-hydrogen) atoms. The molecule has 1 aromatic carbocycles. The van der Waals surface area contributed by atoms with Crippen molar-refractivity contribution in [1.29, 1.82) is 0 Å². The first-order valence-corrected chi connectivity index (χ1v) is 8.36. The van der Waals surface area contributed by atoms with Crippen LogP contribution in [0.3, 0.4) is 0 Å². The highest BCUT2D eigenvalue weighted by Gasteiger charge is 2.33. The summed E-state index contributed by atoms with van der Waals surface area (Å²) in [6, 6.07) is 3.02. The first-order valence-electron chi connectivity index (χ1n) is 6.92. The molecule has 1 aliphatic rings. The van der Waals surface area contributed by atoms with Crippen molar-refractivity contribution in [2.75, 3.05) is 26.3 Å². The van der Waals surface area contributed by atoms with Gasteiger partial charge in [-0.3, -0.25) is 0 Å². The van der Waals surface area contributed by atoms with Gasteiger partial charge in [0.05, 0.1) is 6.61 Å². The van der Waals surface area contributed by atoms with Gasteiger partial charge in [-0.2, -0.15) is 4.31 Å². The Kier molecular flexibility index (Phi) is 5.51. The van der Waals surface area contributed by atoms with E-state index in [4.69, 9.17) is 11.2 Å². The molecule has 0 aliphatic carbocycles. The van der Waals surface area contributed by atoms with E-state index < -0.39 is 26.6 Å². The van der Waals surface area contributed by atoms with Crippen LogP contribution in [-0.2, 0) is 14.8 Å². The quantitative estimate of drug-likeness (QED) is 0.613. The number of nitrogens with zero attached hydrogens (tertiary/aromatic N) is 1. The molecule has 0 radical (unpaired) electrons. The predicted octanol–water partition coefficient (Wildman–Crippen LogP) is 2.02. The third-order valence-electron chi connectivity index (χ3n) is 3.63. The average Bonchev–Trinajstić information content (AvgIpc) is 2.47. The largest absolute Gasteiger partial charge is 0.369 e. The van der Waals surface area contributed by atoms with Gasteiger partial charge < -0.3 is 4.74 Å². The standard InChI is InChI=1S/C15H17F2NO3S/c1-2-10-21-11-12-6-8-18(9-7-12)22(19,20)15-13(16)4-3-5-14(15)17/h1,3-5,12H,6-11H2. The fraction of sp³-hybridized carbons (Fsp3) is 0.467. The second-order valence-electron chi connectivity index (χ2n) is 5.12. The van der Waals surface area contributed by atoms with Crippen LogP contribution in [0.15, 0.2) is 23.1 Å². The van der Waals surface area contributed by atoms with Crippen molar-refractivity contribution in [2.24, 2.45) is 5.92 Å². The Morgan fingerprint density at radius 2 is 1.86 bits per heavy atom. The highest BCUT2D eigenvalue weighted by molar-refractivity contribution is 7.89. The lowest BCUT2D eigenvalue weighted by Gasteiger charge is -2.31. The van der Waals surface area contributed by atoms with E-state index in [-0.39, 0.29) is 25.6 Å². The van der Waals surface area contributed by atoms with Crippen molar-refractivity contribution in [2.45, 2.75) is 17.7 Å². The van der Waals surface area contributed by atoms with E-state index in [9.17, 15) is 17.2 Å². The minimum absolute atomic E-state index is 0.199. The van der Waals surface area contributed by atoms with Gasteiger partial charge in [-0.05, 0) is 30.9 Å². The van der Waals surface area contributed by atoms with Crippen LogP contribution in [-0.4, -0.2) is 39.0 Å². The molecule has 120 valence electrons. The Morgan fingerprint density at radius 3 is 2.41 bits per heavy atom. The van der Waals surface area contributed by atoms with E-state index in [0.29, 0.717) is 19.4 Å². The number of piperidine rings is 1. The summed E-state index contributed by atoms with van der Waals surface area (Å²) in [6.07, 6.45) is 6.22. The van der Waals surface area contributed by atoms with Crippen LogP contribution >= 0.6 is 0 Å². The van der Waals surface area contributed by atoms with Gasteiger partial charge in [-0.25, -0.2) is 17.2 Å². The molecular weight excluding hydrogens is 312 g/mol. The molecule has 0 atom stereocenters. The SMILES string of the molecule is C#CCOCC1CCN(S(=O)(=O)c2c(F)cccc2F)CC1. The fourth-order valence-corrected chi connectivity index (χ4v) is 4.04. The van der Waals surface area contributed by atoms with Crippen LogP contribution < -0.4 is 0 Å². The number of rotatable bonds is 5. The molecule has 4 nitrogen and oxygen atoms in total. The Labute approximate surface area is 129 Å². The lowest BCUT2D eigenvalue weighted by Crippen LogP contribution is -2.40. The zero-order chi connectivity index (χ0) is 16.2. The van der Waals surface area contributed by atoms with Gasteiger partial charge in [-0.1, -0.05) is 12.0 Å². The summed E-state index contributed by atoms with van der Waals surface area (Å²) < 4.78 is 58.5. The highest BCUT2D eigenvalue weighted by Crippen LogP contribution is 2.27. The van der Waals surface area contributed by atoms with Crippen molar-refractivity contribution >= 4 is 10.0 Å². The van der Waals surface area contributed by atoms with Gasteiger partial charge in [0.2, 0.25) is 10.0 Å². The number of terminal acetylenes is 1. The molecule has 1 fully saturated rings. The minimum atomic E-state index is -4.16. The van der Waals surface area contributed by atoms with E-state index in [1.54, 1.807) is 0 Å². The van der Waals surface area contributed by atoms with E-state index in [2.05, 4.69) is 5.92 Å². The fourth-order valence-electron chi connectivity index (χ4n) is 2.46. The lowest BCUT2D eigenvalue weighted by molar-refractivity contribution is 0.101. The molecule has 0 spiro atoms. The number of hydrogen-bond donors (Lipinski definition) is 0. The summed E-state index contributed by atoms with van der Waals surface area (Å²) in [5.74, 6) is 0.422. The molecule has 0 aromatic heterocycles. The van der Waals surface area contributed by atoms with Crippen molar-refractivity contribution in [3.8, 4) is 12.3 Å².